The molecule has 0 saturated heterocycles. The van der Waals surface area contributed by atoms with Crippen LogP contribution >= 0.6 is 0 Å². The van der Waals surface area contributed by atoms with Crippen LogP contribution in [-0.2, 0) is 24.4 Å². The van der Waals surface area contributed by atoms with E-state index in [0.29, 0.717) is 6.61 Å². The molecule has 1 heterocycles. The number of hydrogen-bond acceptors (Lipinski definition) is 3. The molecule has 1 aromatic heterocycles. The summed E-state index contributed by atoms with van der Waals surface area (Å²) in [4.78, 5) is 0. The van der Waals surface area contributed by atoms with Crippen molar-refractivity contribution in [1.82, 2.24) is 15.5 Å². The maximum atomic E-state index is 5.08. The Kier molecular flexibility index (Phi) is 4.50. The quantitative estimate of drug-likeness (QED) is 0.820. The maximum absolute atomic E-state index is 5.08. The van der Waals surface area contributed by atoms with Crippen molar-refractivity contribution in [3.63, 3.8) is 0 Å². The highest BCUT2D eigenvalue weighted by molar-refractivity contribution is 5.22. The highest BCUT2D eigenvalue weighted by atomic mass is 16.5. The van der Waals surface area contributed by atoms with Gasteiger partial charge in [0.1, 0.15) is 0 Å². The van der Waals surface area contributed by atoms with Gasteiger partial charge in [0.2, 0.25) is 0 Å². The van der Waals surface area contributed by atoms with Crippen LogP contribution in [-0.4, -0.2) is 17.3 Å². The third-order valence-electron chi connectivity index (χ3n) is 2.91. The smallest absolute Gasteiger partial charge is 0.0713 e. The molecular formula is C14H19N3O. The van der Waals surface area contributed by atoms with Gasteiger partial charge in [0.05, 0.1) is 12.8 Å². The number of methoxy groups -OCH3 is 1. The van der Waals surface area contributed by atoms with E-state index in [1.165, 1.54) is 16.7 Å². The summed E-state index contributed by atoms with van der Waals surface area (Å²) in [5.41, 5.74) is 4.81. The molecule has 0 bridgehead atoms. The summed E-state index contributed by atoms with van der Waals surface area (Å²) in [7, 11) is 1.71. The molecule has 0 spiro atoms. The molecule has 4 heteroatoms. The van der Waals surface area contributed by atoms with Gasteiger partial charge in [-0.3, -0.25) is 5.10 Å². The maximum Gasteiger partial charge on any atom is 0.0713 e. The molecule has 0 amide bonds. The van der Waals surface area contributed by atoms with Crippen molar-refractivity contribution in [1.29, 1.82) is 0 Å². The number of H-pyrrole nitrogens is 1. The van der Waals surface area contributed by atoms with Crippen LogP contribution in [0.5, 0.6) is 0 Å². The predicted octanol–water partition coefficient (Wildman–Crippen LogP) is 2.15. The molecule has 0 saturated carbocycles. The molecule has 0 fully saturated rings. The molecule has 18 heavy (non-hydrogen) atoms. The highest BCUT2D eigenvalue weighted by Crippen LogP contribution is 2.06. The van der Waals surface area contributed by atoms with Crippen LogP contribution in [0.15, 0.2) is 30.5 Å². The summed E-state index contributed by atoms with van der Waals surface area (Å²) in [6, 6.07) is 8.46. The lowest BCUT2D eigenvalue weighted by molar-refractivity contribution is 0.185. The van der Waals surface area contributed by atoms with E-state index in [-0.39, 0.29) is 0 Å². The number of aromatic amines is 1. The predicted molar refractivity (Wildman–Crippen MR) is 71.0 cm³/mol. The Morgan fingerprint density at radius 2 is 1.89 bits per heavy atom. The Hall–Kier alpha value is -1.65. The number of rotatable bonds is 6. The molecule has 0 atom stereocenters. The fourth-order valence-electron chi connectivity index (χ4n) is 1.82. The Balaban J connectivity index is 1.81. The second kappa shape index (κ2) is 6.33. The van der Waals surface area contributed by atoms with E-state index in [2.05, 4.69) is 39.8 Å². The third-order valence-corrected chi connectivity index (χ3v) is 2.91. The van der Waals surface area contributed by atoms with Crippen LogP contribution in [0.1, 0.15) is 22.4 Å². The largest absolute Gasteiger partial charge is 0.380 e. The van der Waals surface area contributed by atoms with Crippen LogP contribution in [0.25, 0.3) is 0 Å². The standard InChI is InChI=1S/C14H19N3O/c1-11-14(9-16-17-11)8-15-7-12-3-5-13(6-4-12)10-18-2/h3-6,9,15H,7-8,10H2,1-2H3,(H,16,17). The lowest BCUT2D eigenvalue weighted by atomic mass is 10.1. The number of nitrogens with zero attached hydrogens (tertiary/aromatic N) is 1. The van der Waals surface area contributed by atoms with Crippen LogP contribution < -0.4 is 5.32 Å². The van der Waals surface area contributed by atoms with Gasteiger partial charge < -0.3 is 10.1 Å². The van der Waals surface area contributed by atoms with Gasteiger partial charge in [0.15, 0.2) is 0 Å². The molecule has 2 aromatic rings. The average Bonchev–Trinajstić information content (AvgIpc) is 2.78. The minimum Gasteiger partial charge on any atom is -0.380 e. The Morgan fingerprint density at radius 1 is 1.17 bits per heavy atom. The number of aryl methyl sites for hydroxylation is 1. The zero-order chi connectivity index (χ0) is 12.8. The Bertz CT molecular complexity index is 476. The first-order chi connectivity index (χ1) is 8.79. The SMILES string of the molecule is COCc1ccc(CNCc2cn[nH]c2C)cc1. The average molecular weight is 245 g/mol. The van der Waals surface area contributed by atoms with Crippen molar-refractivity contribution in [3.05, 3.63) is 52.8 Å². The van der Waals surface area contributed by atoms with Crippen LogP contribution in [0.2, 0.25) is 0 Å². The van der Waals surface area contributed by atoms with E-state index in [1.807, 2.05) is 13.1 Å². The summed E-state index contributed by atoms with van der Waals surface area (Å²) < 4.78 is 5.08. The molecular weight excluding hydrogens is 226 g/mol. The number of benzene rings is 1. The number of hydrogen-bond donors (Lipinski definition) is 2. The molecule has 0 radical (unpaired) electrons. The fourth-order valence-corrected chi connectivity index (χ4v) is 1.82. The van der Waals surface area contributed by atoms with Gasteiger partial charge in [-0.1, -0.05) is 24.3 Å². The third kappa shape index (κ3) is 3.42. The Morgan fingerprint density at radius 3 is 2.50 bits per heavy atom. The van der Waals surface area contributed by atoms with Gasteiger partial charge in [-0.2, -0.15) is 5.10 Å². The minimum absolute atomic E-state index is 0.669. The first kappa shape index (κ1) is 12.8. The van der Waals surface area contributed by atoms with Gasteiger partial charge in [0, 0.05) is 31.5 Å². The van der Waals surface area contributed by atoms with E-state index in [1.54, 1.807) is 7.11 Å². The van der Waals surface area contributed by atoms with E-state index < -0.39 is 0 Å². The van der Waals surface area contributed by atoms with Gasteiger partial charge in [-0.05, 0) is 18.1 Å². The van der Waals surface area contributed by atoms with Gasteiger partial charge in [-0.15, -0.1) is 0 Å². The molecule has 0 aliphatic heterocycles. The molecule has 1 aromatic carbocycles. The van der Waals surface area contributed by atoms with Crippen molar-refractivity contribution in [2.24, 2.45) is 0 Å². The second-order valence-electron chi connectivity index (χ2n) is 4.37. The summed E-state index contributed by atoms with van der Waals surface area (Å²) in [6.07, 6.45) is 1.87. The number of ether oxygens (including phenoxy) is 1. The monoisotopic (exact) mass is 245 g/mol. The van der Waals surface area contributed by atoms with Crippen LogP contribution in [0, 0.1) is 6.92 Å². The van der Waals surface area contributed by atoms with Gasteiger partial charge in [0.25, 0.3) is 0 Å². The first-order valence-corrected chi connectivity index (χ1v) is 6.06. The fraction of sp³-hybridized carbons (Fsp3) is 0.357. The topological polar surface area (TPSA) is 49.9 Å². The normalized spacial score (nSPS) is 10.8. The van der Waals surface area contributed by atoms with E-state index >= 15 is 0 Å². The summed E-state index contributed by atoms with van der Waals surface area (Å²) in [5, 5.41) is 10.3. The molecule has 96 valence electrons. The highest BCUT2D eigenvalue weighted by Gasteiger charge is 1.99. The molecule has 0 aliphatic carbocycles. The van der Waals surface area contributed by atoms with E-state index in [9.17, 15) is 0 Å². The molecule has 0 aliphatic rings. The van der Waals surface area contributed by atoms with Crippen LogP contribution in [0.4, 0.5) is 0 Å². The van der Waals surface area contributed by atoms with Gasteiger partial charge >= 0.3 is 0 Å². The summed E-state index contributed by atoms with van der Waals surface area (Å²) >= 11 is 0. The lowest BCUT2D eigenvalue weighted by Gasteiger charge is -2.05. The van der Waals surface area contributed by atoms with E-state index in [0.717, 1.165) is 18.8 Å². The summed E-state index contributed by atoms with van der Waals surface area (Å²) in [5.74, 6) is 0. The zero-order valence-electron chi connectivity index (χ0n) is 10.9. The number of aromatic nitrogens is 2. The van der Waals surface area contributed by atoms with Crippen molar-refractivity contribution in [2.75, 3.05) is 7.11 Å². The van der Waals surface area contributed by atoms with Crippen molar-refractivity contribution < 1.29 is 4.74 Å². The van der Waals surface area contributed by atoms with Crippen molar-refractivity contribution in [3.8, 4) is 0 Å². The van der Waals surface area contributed by atoms with Gasteiger partial charge in [-0.25, -0.2) is 0 Å². The van der Waals surface area contributed by atoms with Crippen molar-refractivity contribution in [2.45, 2.75) is 26.6 Å². The Labute approximate surface area is 107 Å². The van der Waals surface area contributed by atoms with E-state index in [4.69, 9.17) is 4.74 Å². The molecule has 2 N–H and O–H groups in total. The summed E-state index contributed by atoms with van der Waals surface area (Å²) in [6.45, 7) is 4.39. The lowest BCUT2D eigenvalue weighted by Crippen LogP contribution is -2.12. The van der Waals surface area contributed by atoms with Crippen LogP contribution in [0.3, 0.4) is 0 Å². The minimum atomic E-state index is 0.669. The first-order valence-electron chi connectivity index (χ1n) is 6.06. The second-order valence-corrected chi connectivity index (χ2v) is 4.37. The molecule has 4 nitrogen and oxygen atoms in total. The zero-order valence-corrected chi connectivity index (χ0v) is 10.9. The molecule has 2 rings (SSSR count). The van der Waals surface area contributed by atoms with Crippen molar-refractivity contribution >= 4 is 0 Å². The number of nitrogens with one attached hydrogen (secondary N) is 2. The molecule has 0 unspecified atom stereocenters.